The Morgan fingerprint density at radius 2 is 1.96 bits per heavy atom. The minimum absolute atomic E-state index is 0.101. The zero-order valence-electron chi connectivity index (χ0n) is 15.1. The molecular formula is C21H28BrNO2. The molecule has 0 bridgehead atoms. The number of anilines is 1. The number of aryl methyl sites for hydroxylation is 1. The first kappa shape index (κ1) is 18.6. The van der Waals surface area contributed by atoms with Gasteiger partial charge < -0.3 is 4.90 Å². The van der Waals surface area contributed by atoms with Crippen molar-refractivity contribution < 1.29 is 9.59 Å². The normalized spacial score (nSPS) is 19.4. The Bertz CT molecular complexity index is 635. The summed E-state index contributed by atoms with van der Waals surface area (Å²) in [6, 6.07) is 5.82. The molecule has 1 unspecified atom stereocenters. The van der Waals surface area contributed by atoms with Crippen LogP contribution in [0, 0.1) is 5.92 Å². The van der Waals surface area contributed by atoms with Gasteiger partial charge in [0.05, 0.1) is 4.83 Å². The van der Waals surface area contributed by atoms with Crippen molar-refractivity contribution in [2.45, 2.75) is 69.5 Å². The van der Waals surface area contributed by atoms with Crippen molar-refractivity contribution >= 4 is 33.3 Å². The summed E-state index contributed by atoms with van der Waals surface area (Å²) in [5.41, 5.74) is 2.88. The summed E-state index contributed by atoms with van der Waals surface area (Å²) in [5, 5.41) is 0. The van der Waals surface area contributed by atoms with Gasteiger partial charge in [-0.2, -0.15) is 0 Å². The minimum Gasteiger partial charge on any atom is -0.312 e. The number of ketones is 1. The molecule has 0 spiro atoms. The van der Waals surface area contributed by atoms with Gasteiger partial charge in [-0.25, -0.2) is 0 Å². The number of rotatable bonds is 5. The van der Waals surface area contributed by atoms with Crippen LogP contribution in [0.25, 0.3) is 0 Å². The molecule has 0 aromatic heterocycles. The molecule has 1 heterocycles. The van der Waals surface area contributed by atoms with Gasteiger partial charge in [0, 0.05) is 24.2 Å². The van der Waals surface area contributed by atoms with Crippen molar-refractivity contribution in [2.75, 3.05) is 11.4 Å². The van der Waals surface area contributed by atoms with E-state index in [1.807, 2.05) is 30.0 Å². The third kappa shape index (κ3) is 4.52. The summed E-state index contributed by atoms with van der Waals surface area (Å²) in [6.45, 7) is 2.65. The average Bonchev–Trinajstić information content (AvgIpc) is 2.65. The van der Waals surface area contributed by atoms with Crippen molar-refractivity contribution in [3.05, 3.63) is 29.3 Å². The SMILES string of the molecule is CC(Br)C(=O)c1ccc2c(c1)CCCN2C(=O)CCC1CCCCC1. The molecule has 25 heavy (non-hydrogen) atoms. The molecule has 4 heteroatoms. The van der Waals surface area contributed by atoms with E-state index in [-0.39, 0.29) is 16.5 Å². The van der Waals surface area contributed by atoms with Crippen LogP contribution in [0.2, 0.25) is 0 Å². The van der Waals surface area contributed by atoms with Gasteiger partial charge in [-0.05, 0) is 55.9 Å². The largest absolute Gasteiger partial charge is 0.312 e. The van der Waals surface area contributed by atoms with E-state index < -0.39 is 0 Å². The number of fused-ring (bicyclic) bond motifs is 1. The Morgan fingerprint density at radius 1 is 1.20 bits per heavy atom. The lowest BCUT2D eigenvalue weighted by atomic mass is 9.86. The van der Waals surface area contributed by atoms with Crippen LogP contribution in [-0.2, 0) is 11.2 Å². The summed E-state index contributed by atoms with van der Waals surface area (Å²) in [6.07, 6.45) is 10.2. The highest BCUT2D eigenvalue weighted by atomic mass is 79.9. The number of benzene rings is 1. The van der Waals surface area contributed by atoms with Gasteiger partial charge in [0.15, 0.2) is 5.78 Å². The van der Waals surface area contributed by atoms with Crippen LogP contribution in [0.1, 0.15) is 74.2 Å². The summed E-state index contributed by atoms with van der Waals surface area (Å²) in [4.78, 5) is 26.8. The van der Waals surface area contributed by atoms with E-state index in [1.54, 1.807) is 0 Å². The van der Waals surface area contributed by atoms with Crippen LogP contribution in [0.15, 0.2) is 18.2 Å². The maximum absolute atomic E-state index is 12.8. The molecule has 1 atom stereocenters. The van der Waals surface area contributed by atoms with Crippen LogP contribution in [0.4, 0.5) is 5.69 Å². The molecule has 0 N–H and O–H groups in total. The first-order chi connectivity index (χ1) is 12.1. The predicted molar refractivity (Wildman–Crippen MR) is 106 cm³/mol. The van der Waals surface area contributed by atoms with E-state index in [1.165, 1.54) is 32.1 Å². The summed E-state index contributed by atoms with van der Waals surface area (Å²) in [5.74, 6) is 1.09. The second-order valence-electron chi connectivity index (χ2n) is 7.52. The molecule has 1 fully saturated rings. The molecule has 0 radical (unpaired) electrons. The van der Waals surface area contributed by atoms with Gasteiger partial charge in [0.2, 0.25) is 5.91 Å². The second-order valence-corrected chi connectivity index (χ2v) is 8.89. The molecule has 0 saturated heterocycles. The summed E-state index contributed by atoms with van der Waals surface area (Å²) >= 11 is 3.35. The fourth-order valence-electron chi connectivity index (χ4n) is 4.18. The Labute approximate surface area is 159 Å². The first-order valence-corrected chi connectivity index (χ1v) is 10.6. The lowest BCUT2D eigenvalue weighted by Gasteiger charge is -2.31. The van der Waals surface area contributed by atoms with Gasteiger partial charge in [0.1, 0.15) is 0 Å². The van der Waals surface area contributed by atoms with Crippen LogP contribution in [0.3, 0.4) is 0 Å². The van der Waals surface area contributed by atoms with Crippen LogP contribution in [-0.4, -0.2) is 23.1 Å². The fourth-order valence-corrected chi connectivity index (χ4v) is 4.44. The maximum atomic E-state index is 12.8. The number of carbonyl (C=O) groups is 2. The van der Waals surface area contributed by atoms with Gasteiger partial charge in [-0.1, -0.05) is 48.0 Å². The van der Waals surface area contributed by atoms with Crippen LogP contribution >= 0.6 is 15.9 Å². The molecule has 3 rings (SSSR count). The highest BCUT2D eigenvalue weighted by Gasteiger charge is 2.25. The lowest BCUT2D eigenvalue weighted by Crippen LogP contribution is -2.35. The molecule has 1 saturated carbocycles. The van der Waals surface area contributed by atoms with E-state index in [4.69, 9.17) is 0 Å². The van der Waals surface area contributed by atoms with Crippen LogP contribution in [0.5, 0.6) is 0 Å². The maximum Gasteiger partial charge on any atom is 0.226 e. The highest BCUT2D eigenvalue weighted by Crippen LogP contribution is 2.31. The number of nitrogens with zero attached hydrogens (tertiary/aromatic N) is 1. The van der Waals surface area contributed by atoms with E-state index in [0.717, 1.165) is 48.5 Å². The zero-order valence-corrected chi connectivity index (χ0v) is 16.7. The second kappa shape index (κ2) is 8.48. The number of alkyl halides is 1. The first-order valence-electron chi connectivity index (χ1n) is 9.68. The molecule has 1 aromatic carbocycles. The van der Waals surface area contributed by atoms with Crippen molar-refractivity contribution in [3.63, 3.8) is 0 Å². The van der Waals surface area contributed by atoms with E-state index >= 15 is 0 Å². The molecule has 1 aliphatic heterocycles. The van der Waals surface area contributed by atoms with Crippen molar-refractivity contribution in [1.29, 1.82) is 0 Å². The number of hydrogen-bond donors (Lipinski definition) is 0. The van der Waals surface area contributed by atoms with Crippen LogP contribution < -0.4 is 4.90 Å². The quantitative estimate of drug-likeness (QED) is 0.492. The monoisotopic (exact) mass is 405 g/mol. The van der Waals surface area contributed by atoms with Crippen molar-refractivity contribution in [1.82, 2.24) is 0 Å². The average molecular weight is 406 g/mol. The molecular weight excluding hydrogens is 378 g/mol. The zero-order chi connectivity index (χ0) is 17.8. The topological polar surface area (TPSA) is 37.4 Å². The van der Waals surface area contributed by atoms with Gasteiger partial charge in [-0.3, -0.25) is 9.59 Å². The molecule has 3 nitrogen and oxygen atoms in total. The van der Waals surface area contributed by atoms with Crippen molar-refractivity contribution in [2.24, 2.45) is 5.92 Å². The van der Waals surface area contributed by atoms with E-state index in [0.29, 0.717) is 6.42 Å². The number of amides is 1. The molecule has 1 aromatic rings. The smallest absolute Gasteiger partial charge is 0.226 e. The number of carbonyl (C=O) groups excluding carboxylic acids is 2. The molecule has 136 valence electrons. The lowest BCUT2D eigenvalue weighted by molar-refractivity contribution is -0.119. The number of halogens is 1. The third-order valence-electron chi connectivity index (χ3n) is 5.64. The van der Waals surface area contributed by atoms with Gasteiger partial charge >= 0.3 is 0 Å². The van der Waals surface area contributed by atoms with Gasteiger partial charge in [0.25, 0.3) is 0 Å². The fraction of sp³-hybridized carbons (Fsp3) is 0.619. The Hall–Kier alpha value is -1.16. The summed E-state index contributed by atoms with van der Waals surface area (Å²) < 4.78 is 0. The Kier molecular flexibility index (Phi) is 6.32. The number of hydrogen-bond acceptors (Lipinski definition) is 2. The molecule has 2 aliphatic rings. The standard InChI is InChI=1S/C21H28BrNO2/c1-15(22)21(25)18-10-11-19-17(14-18)8-5-13-23(19)20(24)12-9-16-6-3-2-4-7-16/h10-11,14-16H,2-9,12-13H2,1H3. The van der Waals surface area contributed by atoms with Gasteiger partial charge in [-0.15, -0.1) is 0 Å². The Morgan fingerprint density at radius 3 is 2.68 bits per heavy atom. The summed E-state index contributed by atoms with van der Waals surface area (Å²) in [7, 11) is 0. The third-order valence-corrected chi connectivity index (χ3v) is 6.05. The van der Waals surface area contributed by atoms with E-state index in [9.17, 15) is 9.59 Å². The molecule has 1 amide bonds. The van der Waals surface area contributed by atoms with Crippen molar-refractivity contribution in [3.8, 4) is 0 Å². The highest BCUT2D eigenvalue weighted by molar-refractivity contribution is 9.10. The van der Waals surface area contributed by atoms with E-state index in [2.05, 4.69) is 15.9 Å². The number of Topliss-reactive ketones (excluding diaryl/α,β-unsaturated/α-hetero) is 1. The minimum atomic E-state index is -0.178. The Balaban J connectivity index is 1.68. The predicted octanol–water partition coefficient (Wildman–Crippen LogP) is 5.29. The molecule has 1 aliphatic carbocycles.